The van der Waals surface area contributed by atoms with E-state index in [-0.39, 0.29) is 0 Å². The fourth-order valence-corrected chi connectivity index (χ4v) is 1.84. The topological polar surface area (TPSA) is 60.8 Å². The Kier molecular flexibility index (Phi) is 3.44. The van der Waals surface area contributed by atoms with Gasteiger partial charge >= 0.3 is 6.09 Å². The van der Waals surface area contributed by atoms with E-state index < -0.39 is 11.7 Å². The van der Waals surface area contributed by atoms with E-state index in [4.69, 9.17) is 5.11 Å². The number of likely N-dealkylation sites (tertiary alicyclic amines) is 1. The van der Waals surface area contributed by atoms with Gasteiger partial charge in [0, 0.05) is 18.8 Å². The third kappa shape index (κ3) is 2.77. The molecule has 2 N–H and O–H groups in total. The van der Waals surface area contributed by atoms with Crippen LogP contribution in [-0.2, 0) is 0 Å². The van der Waals surface area contributed by atoms with E-state index in [1.807, 2.05) is 0 Å². The van der Waals surface area contributed by atoms with Crippen LogP contribution in [0.25, 0.3) is 0 Å². The van der Waals surface area contributed by atoms with Gasteiger partial charge in [0.05, 0.1) is 5.60 Å². The van der Waals surface area contributed by atoms with Crippen molar-refractivity contribution in [1.82, 2.24) is 4.90 Å². The lowest BCUT2D eigenvalue weighted by Gasteiger charge is -2.23. The number of hydrogen-bond donors (Lipinski definition) is 3. The monoisotopic (exact) mass is 205 g/mol. The van der Waals surface area contributed by atoms with Crippen LogP contribution >= 0.6 is 12.6 Å². The molecule has 76 valence electrons. The SMILES string of the molecule is O=C(O)N1CCCC(O)(CS)CC1. The number of amides is 1. The van der Waals surface area contributed by atoms with Crippen LogP contribution in [0.2, 0.25) is 0 Å². The normalized spacial score (nSPS) is 29.8. The summed E-state index contributed by atoms with van der Waals surface area (Å²) in [5, 5.41) is 18.6. The summed E-state index contributed by atoms with van der Waals surface area (Å²) in [4.78, 5) is 12.0. The molecule has 4 nitrogen and oxygen atoms in total. The highest BCUT2D eigenvalue weighted by molar-refractivity contribution is 7.80. The Morgan fingerprint density at radius 2 is 2.15 bits per heavy atom. The van der Waals surface area contributed by atoms with E-state index in [1.165, 1.54) is 4.90 Å². The molecule has 0 aliphatic carbocycles. The summed E-state index contributed by atoms with van der Waals surface area (Å²) in [6.45, 7) is 0.928. The van der Waals surface area contributed by atoms with Gasteiger partial charge in [0.15, 0.2) is 0 Å². The van der Waals surface area contributed by atoms with Crippen LogP contribution in [0.4, 0.5) is 4.79 Å². The first-order valence-corrected chi connectivity index (χ1v) is 5.02. The summed E-state index contributed by atoms with van der Waals surface area (Å²) in [7, 11) is 0. The van der Waals surface area contributed by atoms with E-state index in [2.05, 4.69) is 12.6 Å². The first-order chi connectivity index (χ1) is 6.07. The molecule has 1 aliphatic heterocycles. The molecule has 5 heteroatoms. The average molecular weight is 205 g/mol. The molecule has 0 radical (unpaired) electrons. The van der Waals surface area contributed by atoms with Gasteiger partial charge in [0.1, 0.15) is 0 Å². The minimum atomic E-state index is -0.900. The average Bonchev–Trinajstić information content (AvgIpc) is 2.28. The molecule has 1 rings (SSSR count). The Morgan fingerprint density at radius 1 is 1.46 bits per heavy atom. The fraction of sp³-hybridized carbons (Fsp3) is 0.875. The molecule has 1 amide bonds. The van der Waals surface area contributed by atoms with E-state index in [0.29, 0.717) is 38.1 Å². The molecule has 0 spiro atoms. The molecular weight excluding hydrogens is 190 g/mol. The molecule has 0 saturated carbocycles. The molecule has 1 fully saturated rings. The molecule has 0 bridgehead atoms. The molecule has 1 atom stereocenters. The molecule has 1 aliphatic rings. The lowest BCUT2D eigenvalue weighted by molar-refractivity contribution is 0.0501. The highest BCUT2D eigenvalue weighted by Gasteiger charge is 2.29. The number of aliphatic hydroxyl groups is 1. The predicted octanol–water partition coefficient (Wildman–Crippen LogP) is 0.811. The molecule has 0 aromatic carbocycles. The summed E-state index contributed by atoms with van der Waals surface area (Å²) in [6, 6.07) is 0. The first kappa shape index (κ1) is 10.7. The highest BCUT2D eigenvalue weighted by Crippen LogP contribution is 2.23. The Labute approximate surface area is 83.0 Å². The zero-order valence-electron chi connectivity index (χ0n) is 7.44. The lowest BCUT2D eigenvalue weighted by Crippen LogP contribution is -2.34. The minimum Gasteiger partial charge on any atom is -0.465 e. The highest BCUT2D eigenvalue weighted by atomic mass is 32.1. The van der Waals surface area contributed by atoms with Crippen LogP contribution < -0.4 is 0 Å². The lowest BCUT2D eigenvalue weighted by atomic mass is 9.97. The summed E-state index contributed by atoms with van der Waals surface area (Å²) in [5.74, 6) is 0.403. The van der Waals surface area contributed by atoms with Gasteiger partial charge in [-0.05, 0) is 19.3 Å². The van der Waals surface area contributed by atoms with Gasteiger partial charge in [-0.15, -0.1) is 0 Å². The Bertz CT molecular complexity index is 200. The van der Waals surface area contributed by atoms with Crippen molar-refractivity contribution >= 4 is 18.7 Å². The number of rotatable bonds is 1. The maximum Gasteiger partial charge on any atom is 0.407 e. The number of carboxylic acid groups (broad SMARTS) is 1. The second kappa shape index (κ2) is 4.19. The van der Waals surface area contributed by atoms with Crippen LogP contribution in [0.1, 0.15) is 19.3 Å². The number of hydrogen-bond acceptors (Lipinski definition) is 3. The Morgan fingerprint density at radius 3 is 2.69 bits per heavy atom. The summed E-state index contributed by atoms with van der Waals surface area (Å²) >= 11 is 4.06. The summed E-state index contributed by atoms with van der Waals surface area (Å²) in [6.07, 6.45) is 0.940. The number of carbonyl (C=O) groups is 1. The van der Waals surface area contributed by atoms with E-state index in [1.54, 1.807) is 0 Å². The third-order valence-electron chi connectivity index (χ3n) is 2.48. The smallest absolute Gasteiger partial charge is 0.407 e. The third-order valence-corrected chi connectivity index (χ3v) is 3.07. The number of thiol groups is 1. The van der Waals surface area contributed by atoms with E-state index in [0.717, 1.165) is 0 Å². The van der Waals surface area contributed by atoms with Crippen molar-refractivity contribution in [3.8, 4) is 0 Å². The fourth-order valence-electron chi connectivity index (χ4n) is 1.53. The zero-order valence-corrected chi connectivity index (χ0v) is 8.33. The van der Waals surface area contributed by atoms with Gasteiger partial charge in [-0.3, -0.25) is 0 Å². The van der Waals surface area contributed by atoms with Crippen LogP contribution in [0, 0.1) is 0 Å². The molecular formula is C8H15NO3S. The van der Waals surface area contributed by atoms with Crippen molar-refractivity contribution in [3.63, 3.8) is 0 Å². The summed E-state index contributed by atoms with van der Waals surface area (Å²) in [5.41, 5.74) is -0.771. The standard InChI is InChI=1S/C8H15NO3S/c10-7(11)9-4-1-2-8(12,6-13)3-5-9/h12-13H,1-6H2,(H,10,11). The van der Waals surface area contributed by atoms with Crippen molar-refractivity contribution in [1.29, 1.82) is 0 Å². The quantitative estimate of drug-likeness (QED) is 0.555. The first-order valence-electron chi connectivity index (χ1n) is 4.38. The zero-order chi connectivity index (χ0) is 9.90. The predicted molar refractivity (Wildman–Crippen MR) is 52.3 cm³/mol. The van der Waals surface area contributed by atoms with Crippen molar-refractivity contribution in [2.24, 2.45) is 0 Å². The van der Waals surface area contributed by atoms with Crippen molar-refractivity contribution in [2.75, 3.05) is 18.8 Å². The van der Waals surface area contributed by atoms with Crippen LogP contribution in [-0.4, -0.2) is 45.6 Å². The van der Waals surface area contributed by atoms with Crippen molar-refractivity contribution in [2.45, 2.75) is 24.9 Å². The Hall–Kier alpha value is -0.420. The van der Waals surface area contributed by atoms with Gasteiger partial charge in [0.25, 0.3) is 0 Å². The molecule has 13 heavy (non-hydrogen) atoms. The van der Waals surface area contributed by atoms with E-state index >= 15 is 0 Å². The minimum absolute atomic E-state index is 0.403. The van der Waals surface area contributed by atoms with Gasteiger partial charge in [-0.1, -0.05) is 0 Å². The largest absolute Gasteiger partial charge is 0.465 e. The van der Waals surface area contributed by atoms with Crippen molar-refractivity contribution < 1.29 is 15.0 Å². The van der Waals surface area contributed by atoms with Gasteiger partial charge < -0.3 is 15.1 Å². The molecule has 1 heterocycles. The molecule has 0 aromatic rings. The summed E-state index contributed by atoms with van der Waals surface area (Å²) < 4.78 is 0. The van der Waals surface area contributed by atoms with Gasteiger partial charge in [0.2, 0.25) is 0 Å². The van der Waals surface area contributed by atoms with Crippen LogP contribution in [0.3, 0.4) is 0 Å². The van der Waals surface area contributed by atoms with Crippen LogP contribution in [0.5, 0.6) is 0 Å². The second-order valence-electron chi connectivity index (χ2n) is 3.51. The maximum atomic E-state index is 10.6. The molecule has 1 unspecified atom stereocenters. The van der Waals surface area contributed by atoms with Gasteiger partial charge in [-0.25, -0.2) is 4.79 Å². The molecule has 0 aromatic heterocycles. The second-order valence-corrected chi connectivity index (χ2v) is 3.82. The molecule has 1 saturated heterocycles. The van der Waals surface area contributed by atoms with E-state index in [9.17, 15) is 9.90 Å². The van der Waals surface area contributed by atoms with Crippen molar-refractivity contribution in [3.05, 3.63) is 0 Å². The van der Waals surface area contributed by atoms with Gasteiger partial charge in [-0.2, -0.15) is 12.6 Å². The maximum absolute atomic E-state index is 10.6. The van der Waals surface area contributed by atoms with Crippen LogP contribution in [0.15, 0.2) is 0 Å². The Balaban J connectivity index is 2.53. The number of nitrogens with zero attached hydrogens (tertiary/aromatic N) is 1.